The molecule has 1 saturated heterocycles. The zero-order valence-electron chi connectivity index (χ0n) is 16.0. The van der Waals surface area contributed by atoms with E-state index in [1.54, 1.807) is 7.11 Å². The minimum absolute atomic E-state index is 0.0591. The number of methoxy groups -OCH3 is 1. The second-order valence-corrected chi connectivity index (χ2v) is 7.01. The molecule has 0 spiro atoms. The molecule has 1 fully saturated rings. The van der Waals surface area contributed by atoms with Crippen molar-refractivity contribution in [2.45, 2.75) is 6.18 Å². The molecule has 11 heteroatoms. The van der Waals surface area contributed by atoms with Gasteiger partial charge in [-0.25, -0.2) is 0 Å². The van der Waals surface area contributed by atoms with Crippen molar-refractivity contribution in [2.24, 2.45) is 0 Å². The van der Waals surface area contributed by atoms with Gasteiger partial charge >= 0.3 is 6.18 Å². The van der Waals surface area contributed by atoms with Crippen molar-refractivity contribution < 1.29 is 27.5 Å². The molecule has 0 bridgehead atoms. The number of nitrogens with one attached hydrogen (secondary N) is 2. The lowest BCUT2D eigenvalue weighted by molar-refractivity contribution is -0.137. The number of carbonyl (C=O) groups is 2. The van der Waals surface area contributed by atoms with E-state index in [2.05, 4.69) is 10.6 Å². The number of para-hydroxylation sites is 1. The summed E-state index contributed by atoms with van der Waals surface area (Å²) in [5, 5.41) is 4.85. The summed E-state index contributed by atoms with van der Waals surface area (Å²) in [5.74, 6) is -0.680. The van der Waals surface area contributed by atoms with Crippen LogP contribution in [0.5, 0.6) is 0 Å². The van der Waals surface area contributed by atoms with Crippen molar-refractivity contribution in [2.75, 3.05) is 64.8 Å². The van der Waals surface area contributed by atoms with E-state index >= 15 is 0 Å². The van der Waals surface area contributed by atoms with Crippen LogP contribution in [-0.4, -0.2) is 81.1 Å². The van der Waals surface area contributed by atoms with Crippen LogP contribution in [0.25, 0.3) is 0 Å². The van der Waals surface area contributed by atoms with Crippen LogP contribution in [0.2, 0.25) is 5.02 Å². The number of rotatable bonds is 8. The van der Waals surface area contributed by atoms with Gasteiger partial charge in [0.1, 0.15) is 0 Å². The van der Waals surface area contributed by atoms with Crippen molar-refractivity contribution in [1.82, 2.24) is 15.1 Å². The molecule has 162 valence electrons. The Bertz CT molecular complexity index is 710. The summed E-state index contributed by atoms with van der Waals surface area (Å²) in [5.41, 5.74) is -1.42. The maximum absolute atomic E-state index is 13.1. The largest absolute Gasteiger partial charge is 0.418 e. The van der Waals surface area contributed by atoms with Gasteiger partial charge in [0.25, 0.3) is 0 Å². The Labute approximate surface area is 172 Å². The highest BCUT2D eigenvalue weighted by Crippen LogP contribution is 2.38. The van der Waals surface area contributed by atoms with Crippen molar-refractivity contribution in [1.29, 1.82) is 0 Å². The summed E-state index contributed by atoms with van der Waals surface area (Å²) in [6, 6.07) is 3.35. The molecule has 0 aromatic heterocycles. The molecule has 1 aromatic rings. The number of piperazine rings is 1. The van der Waals surface area contributed by atoms with Gasteiger partial charge in [0.2, 0.25) is 11.8 Å². The molecule has 1 heterocycles. The van der Waals surface area contributed by atoms with Crippen molar-refractivity contribution >= 4 is 29.1 Å². The summed E-state index contributed by atoms with van der Waals surface area (Å²) < 4.78 is 44.2. The first-order valence-electron chi connectivity index (χ1n) is 9.06. The molecule has 2 rings (SSSR count). The molecule has 29 heavy (non-hydrogen) atoms. The lowest BCUT2D eigenvalue weighted by Gasteiger charge is -2.33. The predicted octanol–water partition coefficient (Wildman–Crippen LogP) is 1.68. The fourth-order valence-electron chi connectivity index (χ4n) is 2.93. The number of hydrogen-bond acceptors (Lipinski definition) is 5. The van der Waals surface area contributed by atoms with E-state index in [1.807, 2.05) is 9.80 Å². The number of alkyl halides is 3. The minimum atomic E-state index is -4.62. The SMILES string of the molecule is COCCNC(=O)CN1CCN(CC(=O)Nc2c(Cl)cccc2C(F)(F)F)CC1. The third kappa shape index (κ3) is 7.46. The Hall–Kier alpha value is -1.88. The number of hydrogen-bond donors (Lipinski definition) is 2. The van der Waals surface area contributed by atoms with E-state index < -0.39 is 23.3 Å². The highest BCUT2D eigenvalue weighted by Gasteiger charge is 2.35. The summed E-state index contributed by atoms with van der Waals surface area (Å²) in [6.07, 6.45) is -4.62. The number of amides is 2. The second-order valence-electron chi connectivity index (χ2n) is 6.60. The number of nitrogens with zero attached hydrogens (tertiary/aromatic N) is 2. The summed E-state index contributed by atoms with van der Waals surface area (Å²) in [7, 11) is 1.55. The smallest absolute Gasteiger partial charge is 0.383 e. The summed E-state index contributed by atoms with van der Waals surface area (Å²) in [6.45, 7) is 3.26. The number of anilines is 1. The Morgan fingerprint density at radius 2 is 1.69 bits per heavy atom. The lowest BCUT2D eigenvalue weighted by Crippen LogP contribution is -2.51. The van der Waals surface area contributed by atoms with Crippen LogP contribution in [0, 0.1) is 0 Å². The minimum Gasteiger partial charge on any atom is -0.383 e. The quantitative estimate of drug-likeness (QED) is 0.607. The van der Waals surface area contributed by atoms with Crippen LogP contribution in [0.15, 0.2) is 18.2 Å². The molecule has 2 N–H and O–H groups in total. The topological polar surface area (TPSA) is 73.9 Å². The van der Waals surface area contributed by atoms with E-state index in [4.69, 9.17) is 16.3 Å². The Morgan fingerprint density at radius 1 is 1.10 bits per heavy atom. The van der Waals surface area contributed by atoms with Gasteiger partial charge in [-0.3, -0.25) is 19.4 Å². The highest BCUT2D eigenvalue weighted by molar-refractivity contribution is 6.34. The molecule has 0 atom stereocenters. The monoisotopic (exact) mass is 436 g/mol. The highest BCUT2D eigenvalue weighted by atomic mass is 35.5. The zero-order chi connectivity index (χ0) is 21.4. The number of benzene rings is 1. The molecule has 1 aliphatic rings. The van der Waals surface area contributed by atoms with Gasteiger partial charge in [0, 0.05) is 39.8 Å². The predicted molar refractivity (Wildman–Crippen MR) is 103 cm³/mol. The van der Waals surface area contributed by atoms with Crippen LogP contribution in [0.4, 0.5) is 18.9 Å². The summed E-state index contributed by atoms with van der Waals surface area (Å²) >= 11 is 5.85. The zero-order valence-corrected chi connectivity index (χ0v) is 16.8. The number of halogens is 4. The van der Waals surface area contributed by atoms with E-state index in [-0.39, 0.29) is 24.0 Å². The van der Waals surface area contributed by atoms with Crippen LogP contribution >= 0.6 is 11.6 Å². The average Bonchev–Trinajstić information content (AvgIpc) is 2.64. The van der Waals surface area contributed by atoms with E-state index in [1.165, 1.54) is 12.1 Å². The van der Waals surface area contributed by atoms with Gasteiger partial charge in [0.05, 0.1) is 36.0 Å². The van der Waals surface area contributed by atoms with Crippen LogP contribution in [0.3, 0.4) is 0 Å². The number of carbonyl (C=O) groups excluding carboxylic acids is 2. The molecule has 0 aliphatic carbocycles. The Kier molecular flexibility index (Phi) is 8.69. The molecule has 2 amide bonds. The standard InChI is InChI=1S/C18H24ClF3N4O3/c1-29-10-5-23-15(27)11-25-6-8-26(9-7-25)12-16(28)24-17-13(18(20,21)22)3-2-4-14(17)19/h2-4H,5-12H2,1H3,(H,23,27)(H,24,28). The third-order valence-corrected chi connectivity index (χ3v) is 4.73. The van der Waals surface area contributed by atoms with E-state index in [9.17, 15) is 22.8 Å². The molecule has 1 aromatic carbocycles. The van der Waals surface area contributed by atoms with E-state index in [0.717, 1.165) is 6.07 Å². The lowest BCUT2D eigenvalue weighted by atomic mass is 10.1. The maximum Gasteiger partial charge on any atom is 0.418 e. The average molecular weight is 437 g/mol. The Balaban J connectivity index is 1.82. The third-order valence-electron chi connectivity index (χ3n) is 4.41. The van der Waals surface area contributed by atoms with Crippen LogP contribution < -0.4 is 10.6 Å². The molecule has 0 unspecified atom stereocenters. The fourth-order valence-corrected chi connectivity index (χ4v) is 3.15. The van der Waals surface area contributed by atoms with Gasteiger partial charge in [-0.15, -0.1) is 0 Å². The molecular formula is C18H24ClF3N4O3. The first-order valence-corrected chi connectivity index (χ1v) is 9.44. The van der Waals surface area contributed by atoms with Crippen LogP contribution in [0.1, 0.15) is 5.56 Å². The van der Waals surface area contributed by atoms with Gasteiger partial charge in [-0.1, -0.05) is 17.7 Å². The molecule has 7 nitrogen and oxygen atoms in total. The first-order chi connectivity index (χ1) is 13.7. The molecule has 0 radical (unpaired) electrons. The van der Waals surface area contributed by atoms with Crippen molar-refractivity contribution in [3.05, 3.63) is 28.8 Å². The normalized spacial score (nSPS) is 15.9. The maximum atomic E-state index is 13.1. The molecule has 0 saturated carbocycles. The first kappa shape index (κ1) is 23.4. The van der Waals surface area contributed by atoms with Gasteiger partial charge in [-0.2, -0.15) is 13.2 Å². The van der Waals surface area contributed by atoms with Gasteiger partial charge < -0.3 is 15.4 Å². The second kappa shape index (κ2) is 10.8. The Morgan fingerprint density at radius 3 is 2.24 bits per heavy atom. The van der Waals surface area contributed by atoms with Crippen molar-refractivity contribution in [3.63, 3.8) is 0 Å². The fraction of sp³-hybridized carbons (Fsp3) is 0.556. The molecule has 1 aliphatic heterocycles. The van der Waals surface area contributed by atoms with Crippen LogP contribution in [-0.2, 0) is 20.5 Å². The number of ether oxygens (including phenoxy) is 1. The van der Waals surface area contributed by atoms with Gasteiger partial charge in [-0.05, 0) is 12.1 Å². The van der Waals surface area contributed by atoms with E-state index in [0.29, 0.717) is 39.3 Å². The van der Waals surface area contributed by atoms with Crippen molar-refractivity contribution in [3.8, 4) is 0 Å². The molecular weight excluding hydrogens is 413 g/mol. The van der Waals surface area contributed by atoms with Gasteiger partial charge in [0.15, 0.2) is 0 Å². The summed E-state index contributed by atoms with van der Waals surface area (Å²) in [4.78, 5) is 27.8.